The number of nitrogens with zero attached hydrogens (tertiary/aromatic N) is 3. The summed E-state index contributed by atoms with van der Waals surface area (Å²) in [6.07, 6.45) is 1.53. The van der Waals surface area contributed by atoms with Gasteiger partial charge >= 0.3 is 5.69 Å². The molecule has 0 saturated heterocycles. The summed E-state index contributed by atoms with van der Waals surface area (Å²) in [6.45, 7) is 3.41. The highest BCUT2D eigenvalue weighted by atomic mass is 16.5. The smallest absolute Gasteiger partial charge is 0.332 e. The van der Waals surface area contributed by atoms with E-state index in [1.54, 1.807) is 13.8 Å². The fourth-order valence-electron chi connectivity index (χ4n) is 2.15. The van der Waals surface area contributed by atoms with Crippen LogP contribution >= 0.6 is 0 Å². The first-order chi connectivity index (χ1) is 9.88. The van der Waals surface area contributed by atoms with E-state index in [1.807, 2.05) is 0 Å². The first kappa shape index (κ1) is 14.8. The second kappa shape index (κ2) is 5.39. The third kappa shape index (κ3) is 2.39. The normalized spacial score (nSPS) is 10.8. The van der Waals surface area contributed by atoms with Gasteiger partial charge in [0.15, 0.2) is 5.65 Å². The number of nitrogens with two attached hydrogens (primary N) is 1. The number of amides is 1. The van der Waals surface area contributed by atoms with Crippen molar-refractivity contribution in [3.63, 3.8) is 0 Å². The molecule has 0 fully saturated rings. The van der Waals surface area contributed by atoms with Crippen LogP contribution in [0.3, 0.4) is 0 Å². The average Bonchev–Trinajstić information content (AvgIpc) is 2.43. The molecule has 8 heteroatoms. The van der Waals surface area contributed by atoms with Gasteiger partial charge in [-0.2, -0.15) is 0 Å². The Morgan fingerprint density at radius 2 is 2.10 bits per heavy atom. The molecule has 0 aliphatic carbocycles. The number of pyridine rings is 1. The SMILES string of the molecule is CCOc1c(C)cnc2c1c(=O)n(CC(N)=O)c(=O)n2C. The van der Waals surface area contributed by atoms with Gasteiger partial charge in [0.2, 0.25) is 5.91 Å². The van der Waals surface area contributed by atoms with Crippen LogP contribution in [0.25, 0.3) is 11.0 Å². The highest BCUT2D eigenvalue weighted by Crippen LogP contribution is 2.24. The summed E-state index contributed by atoms with van der Waals surface area (Å²) in [4.78, 5) is 39.8. The number of carbonyl (C=O) groups is 1. The Bertz CT molecular complexity index is 835. The first-order valence-electron chi connectivity index (χ1n) is 6.38. The molecule has 0 atom stereocenters. The Kier molecular flexibility index (Phi) is 3.79. The lowest BCUT2D eigenvalue weighted by atomic mass is 10.2. The minimum atomic E-state index is -0.771. The van der Waals surface area contributed by atoms with E-state index in [2.05, 4.69) is 4.98 Å². The molecule has 2 aromatic heterocycles. The van der Waals surface area contributed by atoms with E-state index < -0.39 is 23.7 Å². The van der Waals surface area contributed by atoms with Gasteiger partial charge in [0.05, 0.1) is 6.61 Å². The van der Waals surface area contributed by atoms with Crippen LogP contribution in [0.1, 0.15) is 12.5 Å². The molecule has 2 N–H and O–H groups in total. The highest BCUT2D eigenvalue weighted by Gasteiger charge is 2.18. The van der Waals surface area contributed by atoms with Gasteiger partial charge in [0.1, 0.15) is 17.7 Å². The summed E-state index contributed by atoms with van der Waals surface area (Å²) in [5, 5.41) is 0.167. The number of primary amides is 1. The van der Waals surface area contributed by atoms with Gasteiger partial charge in [-0.1, -0.05) is 0 Å². The fraction of sp³-hybridized carbons (Fsp3) is 0.385. The van der Waals surface area contributed by atoms with E-state index in [0.717, 1.165) is 4.57 Å². The maximum absolute atomic E-state index is 12.5. The van der Waals surface area contributed by atoms with Crippen LogP contribution in [0, 0.1) is 6.92 Å². The van der Waals surface area contributed by atoms with E-state index in [0.29, 0.717) is 17.9 Å². The summed E-state index contributed by atoms with van der Waals surface area (Å²) < 4.78 is 7.48. The molecule has 0 aliphatic rings. The Hall–Kier alpha value is -2.64. The van der Waals surface area contributed by atoms with E-state index in [9.17, 15) is 14.4 Å². The van der Waals surface area contributed by atoms with Gasteiger partial charge in [-0.25, -0.2) is 14.3 Å². The average molecular weight is 292 g/mol. The van der Waals surface area contributed by atoms with Gasteiger partial charge in [-0.05, 0) is 13.8 Å². The van der Waals surface area contributed by atoms with Crippen LogP contribution in [0.2, 0.25) is 0 Å². The minimum absolute atomic E-state index is 0.167. The van der Waals surface area contributed by atoms with Crippen molar-refractivity contribution in [3.8, 4) is 5.75 Å². The molecule has 8 nitrogen and oxygen atoms in total. The zero-order valence-corrected chi connectivity index (χ0v) is 12.0. The number of aromatic nitrogens is 3. The molecule has 112 valence electrons. The molecule has 2 aromatic rings. The van der Waals surface area contributed by atoms with Crippen LogP contribution in [0.5, 0.6) is 5.75 Å². The van der Waals surface area contributed by atoms with Gasteiger partial charge in [-0.15, -0.1) is 0 Å². The Labute approximate surface area is 119 Å². The summed E-state index contributed by atoms with van der Waals surface area (Å²) in [5.74, 6) is -0.409. The number of carbonyl (C=O) groups excluding carboxylic acids is 1. The van der Waals surface area contributed by atoms with Crippen molar-refractivity contribution in [2.75, 3.05) is 6.61 Å². The van der Waals surface area contributed by atoms with Crippen LogP contribution in [0.15, 0.2) is 15.8 Å². The summed E-state index contributed by atoms with van der Waals surface area (Å²) in [7, 11) is 1.47. The highest BCUT2D eigenvalue weighted by molar-refractivity contribution is 5.83. The van der Waals surface area contributed by atoms with Crippen molar-refractivity contribution in [2.24, 2.45) is 12.8 Å². The standard InChI is InChI=1S/C13H16N4O4/c1-4-21-10-7(2)5-15-11-9(10)12(19)17(6-8(14)18)13(20)16(11)3/h5H,4,6H2,1-3H3,(H2,14,18). The predicted molar refractivity (Wildman–Crippen MR) is 76.3 cm³/mol. The lowest BCUT2D eigenvalue weighted by molar-refractivity contribution is -0.118. The minimum Gasteiger partial charge on any atom is -0.493 e. The number of hydrogen-bond donors (Lipinski definition) is 1. The van der Waals surface area contributed by atoms with Crippen LogP contribution in [-0.4, -0.2) is 26.6 Å². The summed E-state index contributed by atoms with van der Waals surface area (Å²) in [5.41, 5.74) is 4.69. The molecule has 0 bridgehead atoms. The molecular formula is C13H16N4O4. The number of aryl methyl sites for hydroxylation is 2. The molecule has 0 saturated carbocycles. The Morgan fingerprint density at radius 1 is 1.43 bits per heavy atom. The molecule has 2 rings (SSSR count). The second-order valence-electron chi connectivity index (χ2n) is 4.60. The third-order valence-corrected chi connectivity index (χ3v) is 3.09. The van der Waals surface area contributed by atoms with Crippen molar-refractivity contribution < 1.29 is 9.53 Å². The van der Waals surface area contributed by atoms with Crippen molar-refractivity contribution in [1.82, 2.24) is 14.1 Å². The maximum Gasteiger partial charge on any atom is 0.332 e. The fourth-order valence-corrected chi connectivity index (χ4v) is 2.15. The number of hydrogen-bond acceptors (Lipinski definition) is 5. The zero-order chi connectivity index (χ0) is 15.7. The molecular weight excluding hydrogens is 276 g/mol. The molecule has 0 aromatic carbocycles. The van der Waals surface area contributed by atoms with E-state index in [4.69, 9.17) is 10.5 Å². The largest absolute Gasteiger partial charge is 0.493 e. The van der Waals surface area contributed by atoms with E-state index in [-0.39, 0.29) is 11.0 Å². The van der Waals surface area contributed by atoms with Crippen molar-refractivity contribution in [1.29, 1.82) is 0 Å². The molecule has 0 radical (unpaired) electrons. The molecule has 0 unspecified atom stereocenters. The van der Waals surface area contributed by atoms with Crippen LogP contribution in [0.4, 0.5) is 0 Å². The maximum atomic E-state index is 12.5. The second-order valence-corrected chi connectivity index (χ2v) is 4.60. The topological polar surface area (TPSA) is 109 Å². The quantitative estimate of drug-likeness (QED) is 0.800. The number of ether oxygens (including phenoxy) is 1. The van der Waals surface area contributed by atoms with Gasteiger partial charge in [0, 0.05) is 18.8 Å². The molecule has 0 aliphatic heterocycles. The molecule has 21 heavy (non-hydrogen) atoms. The molecule has 1 amide bonds. The van der Waals surface area contributed by atoms with E-state index in [1.165, 1.54) is 17.8 Å². The molecule has 0 spiro atoms. The first-order valence-corrected chi connectivity index (χ1v) is 6.38. The van der Waals surface area contributed by atoms with Gasteiger partial charge in [-0.3, -0.25) is 14.2 Å². The number of rotatable bonds is 4. The van der Waals surface area contributed by atoms with Crippen LogP contribution in [-0.2, 0) is 18.4 Å². The summed E-state index contributed by atoms with van der Waals surface area (Å²) in [6, 6.07) is 0. The van der Waals surface area contributed by atoms with Gasteiger partial charge < -0.3 is 10.5 Å². The van der Waals surface area contributed by atoms with E-state index >= 15 is 0 Å². The lowest BCUT2D eigenvalue weighted by Crippen LogP contribution is -2.42. The van der Waals surface area contributed by atoms with Crippen molar-refractivity contribution in [2.45, 2.75) is 20.4 Å². The Balaban J connectivity index is 2.97. The predicted octanol–water partition coefficient (Wildman–Crippen LogP) is -0.712. The zero-order valence-electron chi connectivity index (χ0n) is 12.0. The van der Waals surface area contributed by atoms with Crippen molar-refractivity contribution in [3.05, 3.63) is 32.6 Å². The molecule has 2 heterocycles. The third-order valence-electron chi connectivity index (χ3n) is 3.09. The summed E-state index contributed by atoms with van der Waals surface area (Å²) >= 11 is 0. The van der Waals surface area contributed by atoms with Crippen molar-refractivity contribution >= 4 is 16.9 Å². The monoisotopic (exact) mass is 292 g/mol. The van der Waals surface area contributed by atoms with Crippen LogP contribution < -0.4 is 21.7 Å². The number of fused-ring (bicyclic) bond motifs is 1. The lowest BCUT2D eigenvalue weighted by Gasteiger charge is -2.13. The Morgan fingerprint density at radius 3 is 2.67 bits per heavy atom. The van der Waals surface area contributed by atoms with Gasteiger partial charge in [0.25, 0.3) is 5.56 Å².